The van der Waals surface area contributed by atoms with Crippen LogP contribution in [0, 0.1) is 0 Å². The fraction of sp³-hybridized carbons (Fsp3) is 0.182. The molecule has 2 amide bonds. The van der Waals surface area contributed by atoms with Crippen molar-refractivity contribution in [2.24, 2.45) is 0 Å². The Kier molecular flexibility index (Phi) is 6.34. The first-order valence-corrected chi connectivity index (χ1v) is 11.4. The summed E-state index contributed by atoms with van der Waals surface area (Å²) in [6, 6.07) is 11.7. The van der Waals surface area contributed by atoms with Gasteiger partial charge in [-0.05, 0) is 67.1 Å². The van der Waals surface area contributed by atoms with Gasteiger partial charge in [-0.1, -0.05) is 34.8 Å². The number of thiophene rings is 1. The van der Waals surface area contributed by atoms with E-state index in [4.69, 9.17) is 34.8 Å². The summed E-state index contributed by atoms with van der Waals surface area (Å²) in [5, 5.41) is 5.48. The summed E-state index contributed by atoms with van der Waals surface area (Å²) in [5.74, 6) is -0.491. The molecule has 4 rings (SSSR count). The zero-order valence-electron chi connectivity index (χ0n) is 15.8. The molecule has 0 atom stereocenters. The summed E-state index contributed by atoms with van der Waals surface area (Å²) in [6.45, 7) is 0.703. The number of hydrogen-bond donors (Lipinski definition) is 1. The van der Waals surface area contributed by atoms with Crippen LogP contribution in [0.5, 0.6) is 0 Å². The lowest BCUT2D eigenvalue weighted by Gasteiger charge is -2.21. The van der Waals surface area contributed by atoms with E-state index in [2.05, 4.69) is 5.32 Å². The van der Waals surface area contributed by atoms with Gasteiger partial charge in [-0.25, -0.2) is 0 Å². The van der Waals surface area contributed by atoms with Crippen molar-refractivity contribution < 1.29 is 9.59 Å². The Hall–Kier alpha value is -2.05. The summed E-state index contributed by atoms with van der Waals surface area (Å²) in [5.41, 5.74) is 2.25. The van der Waals surface area contributed by atoms with Gasteiger partial charge in [0.25, 0.3) is 11.8 Å². The largest absolute Gasteiger partial charge is 0.322 e. The van der Waals surface area contributed by atoms with Crippen LogP contribution in [0.3, 0.4) is 0 Å². The third-order valence-corrected chi connectivity index (χ3v) is 6.70. The molecule has 0 bridgehead atoms. The average molecular weight is 480 g/mol. The SMILES string of the molecule is O=C(Nc1ccc(C(=O)N2CCCCc3sccc32)cc1)c1c(Cl)cc(Cl)cc1Cl. The number of nitrogens with one attached hydrogen (secondary N) is 1. The van der Waals surface area contributed by atoms with Crippen molar-refractivity contribution in [1.29, 1.82) is 0 Å². The van der Waals surface area contributed by atoms with Crippen LogP contribution in [0.4, 0.5) is 11.4 Å². The molecule has 154 valence electrons. The van der Waals surface area contributed by atoms with Crippen LogP contribution in [-0.2, 0) is 6.42 Å². The highest BCUT2D eigenvalue weighted by atomic mass is 35.5. The number of hydrogen-bond acceptors (Lipinski definition) is 3. The van der Waals surface area contributed by atoms with Gasteiger partial charge in [0.05, 0.1) is 21.3 Å². The molecule has 30 heavy (non-hydrogen) atoms. The van der Waals surface area contributed by atoms with E-state index < -0.39 is 5.91 Å². The number of carbonyl (C=O) groups is 2. The Morgan fingerprint density at radius 2 is 1.67 bits per heavy atom. The second-order valence-corrected chi connectivity index (χ2v) is 9.17. The predicted molar refractivity (Wildman–Crippen MR) is 125 cm³/mol. The molecule has 0 saturated carbocycles. The number of benzene rings is 2. The summed E-state index contributed by atoms with van der Waals surface area (Å²) < 4.78 is 0. The fourth-order valence-corrected chi connectivity index (χ4v) is 5.36. The molecule has 1 aliphatic rings. The highest BCUT2D eigenvalue weighted by molar-refractivity contribution is 7.10. The van der Waals surface area contributed by atoms with Gasteiger partial charge in [0.15, 0.2) is 0 Å². The van der Waals surface area contributed by atoms with Crippen LogP contribution in [0.25, 0.3) is 0 Å². The lowest BCUT2D eigenvalue weighted by Crippen LogP contribution is -2.31. The molecule has 0 unspecified atom stereocenters. The molecule has 2 aromatic carbocycles. The molecule has 0 fully saturated rings. The van der Waals surface area contributed by atoms with E-state index >= 15 is 0 Å². The normalized spacial score (nSPS) is 13.5. The third kappa shape index (κ3) is 4.35. The Morgan fingerprint density at radius 3 is 2.37 bits per heavy atom. The maximum atomic E-state index is 13.1. The molecule has 2 heterocycles. The molecular formula is C22H17Cl3N2O2S. The van der Waals surface area contributed by atoms with E-state index in [9.17, 15) is 9.59 Å². The van der Waals surface area contributed by atoms with E-state index in [0.717, 1.165) is 24.9 Å². The second kappa shape index (κ2) is 8.98. The minimum atomic E-state index is -0.448. The Bertz CT molecular complexity index is 1090. The molecule has 0 saturated heterocycles. The molecule has 8 heteroatoms. The molecule has 1 N–H and O–H groups in total. The number of anilines is 2. The first-order valence-electron chi connectivity index (χ1n) is 9.38. The molecule has 1 aromatic heterocycles. The number of amides is 2. The Balaban J connectivity index is 1.51. The quantitative estimate of drug-likeness (QED) is 0.442. The van der Waals surface area contributed by atoms with Crippen LogP contribution in [0.1, 0.15) is 38.4 Å². The fourth-order valence-electron chi connectivity index (χ4n) is 3.45. The lowest BCUT2D eigenvalue weighted by atomic mass is 10.1. The number of halogens is 3. The van der Waals surface area contributed by atoms with Crippen molar-refractivity contribution in [3.05, 3.63) is 78.9 Å². The minimum Gasteiger partial charge on any atom is -0.322 e. The van der Waals surface area contributed by atoms with Gasteiger partial charge in [-0.3, -0.25) is 9.59 Å². The second-order valence-electron chi connectivity index (χ2n) is 6.92. The molecule has 0 spiro atoms. The summed E-state index contributed by atoms with van der Waals surface area (Å²) in [4.78, 5) is 28.8. The summed E-state index contributed by atoms with van der Waals surface area (Å²) in [6.07, 6.45) is 3.07. The van der Waals surface area contributed by atoms with Crippen molar-refractivity contribution >= 4 is 69.3 Å². The first-order chi connectivity index (χ1) is 14.4. The van der Waals surface area contributed by atoms with Crippen LogP contribution in [0.15, 0.2) is 47.8 Å². The van der Waals surface area contributed by atoms with E-state index in [1.165, 1.54) is 17.0 Å². The van der Waals surface area contributed by atoms with Crippen molar-refractivity contribution in [2.45, 2.75) is 19.3 Å². The highest BCUT2D eigenvalue weighted by Crippen LogP contribution is 2.32. The maximum absolute atomic E-state index is 13.1. The van der Waals surface area contributed by atoms with Crippen LogP contribution >= 0.6 is 46.1 Å². The van der Waals surface area contributed by atoms with Gasteiger partial charge in [-0.15, -0.1) is 11.3 Å². The third-order valence-electron chi connectivity index (χ3n) is 4.92. The van der Waals surface area contributed by atoms with E-state index in [0.29, 0.717) is 22.8 Å². The first kappa shape index (κ1) is 21.2. The molecular weight excluding hydrogens is 463 g/mol. The van der Waals surface area contributed by atoms with Crippen molar-refractivity contribution in [3.63, 3.8) is 0 Å². The lowest BCUT2D eigenvalue weighted by molar-refractivity contribution is 0.0986. The Morgan fingerprint density at radius 1 is 0.967 bits per heavy atom. The number of fused-ring (bicyclic) bond motifs is 1. The molecule has 0 aliphatic carbocycles. The zero-order chi connectivity index (χ0) is 21.3. The summed E-state index contributed by atoms with van der Waals surface area (Å²) in [7, 11) is 0. The number of aryl methyl sites for hydroxylation is 1. The van der Waals surface area contributed by atoms with Gasteiger partial charge in [-0.2, -0.15) is 0 Å². The Labute approximate surface area is 193 Å². The number of rotatable bonds is 3. The molecule has 0 radical (unpaired) electrons. The zero-order valence-corrected chi connectivity index (χ0v) is 18.8. The van der Waals surface area contributed by atoms with Gasteiger partial charge < -0.3 is 10.2 Å². The van der Waals surface area contributed by atoms with E-state index in [1.54, 1.807) is 35.6 Å². The average Bonchev–Trinajstić information content (AvgIpc) is 3.06. The van der Waals surface area contributed by atoms with Crippen LogP contribution in [0.2, 0.25) is 15.1 Å². The van der Waals surface area contributed by atoms with Gasteiger partial charge in [0.2, 0.25) is 0 Å². The highest BCUT2D eigenvalue weighted by Gasteiger charge is 2.23. The van der Waals surface area contributed by atoms with Gasteiger partial charge >= 0.3 is 0 Å². The van der Waals surface area contributed by atoms with Gasteiger partial charge in [0.1, 0.15) is 0 Å². The molecule has 1 aliphatic heterocycles. The smallest absolute Gasteiger partial charge is 0.258 e. The van der Waals surface area contributed by atoms with E-state index in [-0.39, 0.29) is 21.5 Å². The topological polar surface area (TPSA) is 49.4 Å². The van der Waals surface area contributed by atoms with Crippen LogP contribution < -0.4 is 10.2 Å². The minimum absolute atomic E-state index is 0.0433. The van der Waals surface area contributed by atoms with Gasteiger partial charge in [0, 0.05) is 27.7 Å². The molecule has 4 nitrogen and oxygen atoms in total. The maximum Gasteiger partial charge on any atom is 0.258 e. The standard InChI is InChI=1S/C22H17Cl3N2O2S/c23-14-11-16(24)20(17(25)12-14)21(28)26-15-6-4-13(5-7-15)22(29)27-9-2-1-3-19-18(27)8-10-30-19/h4-8,10-12H,1-3,9H2,(H,26,28). The predicted octanol–water partition coefficient (Wildman–Crippen LogP) is 6.94. The van der Waals surface area contributed by atoms with Crippen molar-refractivity contribution in [1.82, 2.24) is 0 Å². The van der Waals surface area contributed by atoms with Crippen molar-refractivity contribution in [2.75, 3.05) is 16.8 Å². The number of nitrogens with zero attached hydrogens (tertiary/aromatic N) is 1. The number of carbonyl (C=O) groups excluding carboxylic acids is 2. The monoisotopic (exact) mass is 478 g/mol. The van der Waals surface area contributed by atoms with E-state index in [1.807, 2.05) is 16.3 Å². The van der Waals surface area contributed by atoms with Crippen LogP contribution in [-0.4, -0.2) is 18.4 Å². The molecule has 3 aromatic rings. The van der Waals surface area contributed by atoms with Crippen molar-refractivity contribution in [3.8, 4) is 0 Å². The summed E-state index contributed by atoms with van der Waals surface area (Å²) >= 11 is 19.8.